The van der Waals surface area contributed by atoms with Gasteiger partial charge >= 0.3 is 5.97 Å². The van der Waals surface area contributed by atoms with Gasteiger partial charge in [-0.1, -0.05) is 50.5 Å². The Labute approximate surface area is 147 Å². The summed E-state index contributed by atoms with van der Waals surface area (Å²) in [5, 5.41) is 18.8. The van der Waals surface area contributed by atoms with E-state index in [-0.39, 0.29) is 30.5 Å². The first-order valence-corrected chi connectivity index (χ1v) is 9.14. The van der Waals surface area contributed by atoms with E-state index in [1.54, 1.807) is 0 Å². The number of hydrogen-bond acceptors (Lipinski definition) is 3. The van der Waals surface area contributed by atoms with Crippen LogP contribution < -0.4 is 0 Å². The fourth-order valence-corrected chi connectivity index (χ4v) is 3.13. The van der Waals surface area contributed by atoms with Gasteiger partial charge in [0, 0.05) is 26.0 Å². The number of rotatable bonds is 12. The fourth-order valence-electron chi connectivity index (χ4n) is 3.13. The number of aliphatic hydroxyl groups excluding tert-OH is 1. The minimum absolute atomic E-state index is 0.0988. The Morgan fingerprint density at radius 3 is 2.67 bits per heavy atom. The lowest BCUT2D eigenvalue weighted by molar-refractivity contribution is -0.137. The van der Waals surface area contributed by atoms with Gasteiger partial charge in [0.2, 0.25) is 0 Å². The molecule has 0 radical (unpaired) electrons. The Balaban J connectivity index is 2.42. The molecular formula is C20H32O4. The molecule has 0 aromatic heterocycles. The van der Waals surface area contributed by atoms with Crippen molar-refractivity contribution in [3.63, 3.8) is 0 Å². The molecule has 0 aliphatic heterocycles. The third kappa shape index (κ3) is 7.91. The smallest absolute Gasteiger partial charge is 0.303 e. The van der Waals surface area contributed by atoms with Crippen molar-refractivity contribution in [1.29, 1.82) is 0 Å². The lowest BCUT2D eigenvalue weighted by atomic mass is 9.90. The minimum atomic E-state index is -1.10. The number of ketones is 1. The molecule has 4 atom stereocenters. The molecule has 2 N–H and O–H groups in total. The summed E-state index contributed by atoms with van der Waals surface area (Å²) in [5.74, 6) is -1.32. The van der Waals surface area contributed by atoms with Crippen LogP contribution in [0, 0.1) is 11.8 Å². The first kappa shape index (κ1) is 18.9. The Morgan fingerprint density at radius 2 is 1.96 bits per heavy atom. The van der Waals surface area contributed by atoms with E-state index in [1.165, 1.54) is 19.3 Å². The average molecular weight is 337 g/mol. The molecule has 1 unspecified atom stereocenters. The summed E-state index contributed by atoms with van der Waals surface area (Å²) >= 11 is 0. The summed E-state index contributed by atoms with van der Waals surface area (Å²) in [7, 11) is 0. The third-order valence-corrected chi connectivity index (χ3v) is 4.52. The third-order valence-electron chi connectivity index (χ3n) is 4.52. The average Bonchev–Trinajstić information content (AvgIpc) is 2.83. The van der Waals surface area contributed by atoms with Gasteiger partial charge in [0.25, 0.3) is 0 Å². The zero-order valence-corrected chi connectivity index (χ0v) is 14.7. The Hall–Kier alpha value is -1.42. The quantitative estimate of drug-likeness (QED) is 0.412. The summed E-state index contributed by atoms with van der Waals surface area (Å²) in [4.78, 5) is 22.7. The van der Waals surface area contributed by atoms with Crippen LogP contribution in [-0.4, -0.2) is 28.1 Å². The largest absolute Gasteiger partial charge is 0.481 e. The summed E-state index contributed by atoms with van der Waals surface area (Å²) in [6, 6.07) is 0. The highest BCUT2D eigenvalue weighted by molar-refractivity contribution is 5.84. The molecular weight excluding hydrogens is 304 g/mol. The summed E-state index contributed by atoms with van der Waals surface area (Å²) in [6.45, 7) is 2.18. The van der Waals surface area contributed by atoms with E-state index in [9.17, 15) is 14.7 Å². The van der Waals surface area contributed by atoms with Gasteiger partial charge in [-0.25, -0.2) is 0 Å². The van der Waals surface area contributed by atoms with Crippen molar-refractivity contribution in [1.82, 2.24) is 0 Å². The molecule has 4 heteroatoms. The van der Waals surface area contributed by atoms with Crippen molar-refractivity contribution < 1.29 is 21.2 Å². The van der Waals surface area contributed by atoms with Gasteiger partial charge < -0.3 is 10.2 Å². The second-order valence-electron chi connectivity index (χ2n) is 6.53. The van der Waals surface area contributed by atoms with Gasteiger partial charge in [-0.2, -0.15) is 0 Å². The van der Waals surface area contributed by atoms with E-state index in [2.05, 4.69) is 13.0 Å². The molecule has 24 heavy (non-hydrogen) atoms. The van der Waals surface area contributed by atoms with Crippen molar-refractivity contribution in [3.8, 4) is 0 Å². The van der Waals surface area contributed by atoms with Crippen molar-refractivity contribution >= 4 is 11.8 Å². The maximum atomic E-state index is 12.1. The van der Waals surface area contributed by atoms with E-state index in [0.29, 0.717) is 12.8 Å². The van der Waals surface area contributed by atoms with Crippen molar-refractivity contribution in [2.24, 2.45) is 11.8 Å². The predicted octanol–water partition coefficient (Wildman–Crippen LogP) is 4.28. The molecule has 0 aromatic rings. The molecule has 0 saturated heterocycles. The minimum Gasteiger partial charge on any atom is -0.481 e. The first-order valence-electron chi connectivity index (χ1n) is 9.72. The van der Waals surface area contributed by atoms with Gasteiger partial charge in [-0.05, 0) is 32.1 Å². The number of aliphatic hydroxyl groups is 1. The van der Waals surface area contributed by atoms with Crippen molar-refractivity contribution in [2.75, 3.05) is 0 Å². The normalized spacial score (nSPS) is 26.3. The number of allylic oxidation sites excluding steroid dienone is 3. The van der Waals surface area contributed by atoms with Crippen LogP contribution >= 0.6 is 0 Å². The van der Waals surface area contributed by atoms with Gasteiger partial charge in [0.05, 0.1) is 6.10 Å². The SMILES string of the molecule is [2H]C(CC/C=C\C[C@H]1C(=O)C[C@@H](O)[C@@H]1/C=C/CCCCCC)C(=O)O. The number of unbranched alkanes of at least 4 members (excludes halogenated alkanes) is 4. The molecule has 136 valence electrons. The van der Waals surface area contributed by atoms with Gasteiger partial charge in [-0.3, -0.25) is 9.59 Å². The standard InChI is InChI=1S/C20H32O4/c1-2-3-4-5-6-9-12-16-17(19(22)15-18(16)21)13-10-7-8-11-14-20(23)24/h7,9-10,12,16-18,21H,2-6,8,11,13-15H2,1H3,(H,23,24)/b10-7-,12-9+/t16-,17-,18-/m1/s1/i14D/t14?,16-,17-,18-. The predicted molar refractivity (Wildman–Crippen MR) is 95.8 cm³/mol. The van der Waals surface area contributed by atoms with Gasteiger partial charge in [0.15, 0.2) is 0 Å². The number of carboxylic acids is 1. The number of Topliss-reactive ketones (excluding diaryl/α,β-unsaturated/α-hetero) is 1. The topological polar surface area (TPSA) is 74.6 Å². The molecule has 0 amide bonds. The van der Waals surface area contributed by atoms with Crippen LogP contribution in [0.15, 0.2) is 24.3 Å². The Kier molecular flexibility index (Phi) is 9.47. The molecule has 0 aromatic carbocycles. The fraction of sp³-hybridized carbons (Fsp3) is 0.700. The van der Waals surface area contributed by atoms with E-state index >= 15 is 0 Å². The molecule has 1 rings (SSSR count). The summed E-state index contributed by atoms with van der Waals surface area (Å²) < 4.78 is 7.33. The van der Waals surface area contributed by atoms with Crippen molar-refractivity contribution in [2.45, 2.75) is 77.2 Å². The van der Waals surface area contributed by atoms with Crippen LogP contribution in [0.5, 0.6) is 0 Å². The van der Waals surface area contributed by atoms with E-state index in [1.807, 2.05) is 18.2 Å². The van der Waals surface area contributed by atoms with Crippen LogP contribution in [0.1, 0.15) is 72.5 Å². The van der Waals surface area contributed by atoms with Crippen LogP contribution in [0.3, 0.4) is 0 Å². The zero-order chi connectivity index (χ0) is 18.7. The number of carbonyl (C=O) groups excluding carboxylic acids is 1. The zero-order valence-electron chi connectivity index (χ0n) is 15.7. The summed E-state index contributed by atoms with van der Waals surface area (Å²) in [6.07, 6.45) is 13.5. The molecule has 4 nitrogen and oxygen atoms in total. The van der Waals surface area contributed by atoms with Crippen LogP contribution in [-0.2, 0) is 9.59 Å². The molecule has 1 saturated carbocycles. The molecule has 0 spiro atoms. The second-order valence-corrected chi connectivity index (χ2v) is 6.53. The monoisotopic (exact) mass is 337 g/mol. The van der Waals surface area contributed by atoms with Crippen LogP contribution in [0.2, 0.25) is 0 Å². The van der Waals surface area contributed by atoms with Gasteiger partial charge in [-0.15, -0.1) is 0 Å². The number of aliphatic carboxylic acids is 1. The Bertz CT molecular complexity index is 472. The molecule has 1 aliphatic carbocycles. The van der Waals surface area contributed by atoms with Crippen LogP contribution in [0.4, 0.5) is 0 Å². The number of carbonyl (C=O) groups is 2. The second kappa shape index (κ2) is 12.0. The lowest BCUT2D eigenvalue weighted by Gasteiger charge is -2.15. The maximum Gasteiger partial charge on any atom is 0.303 e. The maximum absolute atomic E-state index is 12.1. The first-order chi connectivity index (χ1) is 12.0. The molecule has 1 fully saturated rings. The van der Waals surface area contributed by atoms with E-state index < -0.39 is 18.5 Å². The number of hydrogen-bond donors (Lipinski definition) is 2. The highest BCUT2D eigenvalue weighted by Crippen LogP contribution is 2.33. The molecule has 1 aliphatic rings. The molecule has 0 bridgehead atoms. The summed E-state index contributed by atoms with van der Waals surface area (Å²) in [5.41, 5.74) is 0. The lowest BCUT2D eigenvalue weighted by Crippen LogP contribution is -2.17. The molecule has 0 heterocycles. The van der Waals surface area contributed by atoms with E-state index in [0.717, 1.165) is 12.8 Å². The van der Waals surface area contributed by atoms with Gasteiger partial charge in [0.1, 0.15) is 5.78 Å². The van der Waals surface area contributed by atoms with E-state index in [4.69, 9.17) is 6.48 Å². The number of carboxylic acid groups (broad SMARTS) is 1. The highest BCUT2D eigenvalue weighted by atomic mass is 16.4. The van der Waals surface area contributed by atoms with Crippen molar-refractivity contribution in [3.05, 3.63) is 24.3 Å². The van der Waals surface area contributed by atoms with Crippen LogP contribution in [0.25, 0.3) is 0 Å². The Morgan fingerprint density at radius 1 is 1.21 bits per heavy atom. The highest BCUT2D eigenvalue weighted by Gasteiger charge is 2.38.